The topological polar surface area (TPSA) is 74.8 Å². The molecule has 0 aromatic heterocycles. The second-order valence-electron chi connectivity index (χ2n) is 7.31. The maximum absolute atomic E-state index is 13.0. The number of rotatable bonds is 4. The molecule has 1 rings (SSSR count). The van der Waals surface area contributed by atoms with Crippen molar-refractivity contribution in [2.24, 2.45) is 11.8 Å². The molecule has 6 nitrogen and oxygen atoms in total. The summed E-state index contributed by atoms with van der Waals surface area (Å²) in [5.74, 6) is -9.73. The van der Waals surface area contributed by atoms with Gasteiger partial charge in [0.15, 0.2) is 0 Å². The van der Waals surface area contributed by atoms with E-state index in [1.807, 2.05) is 0 Å². The monoisotopic (exact) mass is 418 g/mol. The molecule has 2 atom stereocenters. The molecule has 1 heterocycles. The van der Waals surface area contributed by atoms with Gasteiger partial charge >= 0.3 is 24.2 Å². The third kappa shape index (κ3) is 5.02. The fraction of sp³-hybridized carbons (Fsp3) is 0.750. The van der Waals surface area contributed by atoms with Crippen LogP contribution in [0.2, 0.25) is 0 Å². The number of piperazine rings is 1. The van der Waals surface area contributed by atoms with Gasteiger partial charge < -0.3 is 0 Å². The molecular formula is C16H20F6N2O4. The van der Waals surface area contributed by atoms with Crippen LogP contribution in [0.1, 0.15) is 40.5 Å². The van der Waals surface area contributed by atoms with Gasteiger partial charge in [0.2, 0.25) is 0 Å². The number of hydrogen-bond donors (Lipinski definition) is 0. The molecule has 0 aromatic carbocycles. The van der Waals surface area contributed by atoms with Crippen LogP contribution in [0.5, 0.6) is 0 Å². The molecule has 1 aliphatic heterocycles. The Hall–Kier alpha value is -2.14. The van der Waals surface area contributed by atoms with Crippen LogP contribution < -0.4 is 0 Å². The second kappa shape index (κ2) is 8.08. The lowest BCUT2D eigenvalue weighted by Gasteiger charge is -2.44. The van der Waals surface area contributed by atoms with Gasteiger partial charge in [-0.05, 0) is 24.7 Å². The molecule has 1 aliphatic rings. The van der Waals surface area contributed by atoms with E-state index in [0.717, 1.165) is 0 Å². The lowest BCUT2D eigenvalue weighted by Crippen LogP contribution is -2.70. The predicted molar refractivity (Wildman–Crippen MR) is 82.3 cm³/mol. The first-order valence-corrected chi connectivity index (χ1v) is 8.38. The molecule has 28 heavy (non-hydrogen) atoms. The van der Waals surface area contributed by atoms with E-state index in [4.69, 9.17) is 0 Å². The number of imide groups is 2. The van der Waals surface area contributed by atoms with Crippen LogP contribution in [-0.4, -0.2) is 57.9 Å². The normalized spacial score (nSPS) is 21.7. The molecule has 160 valence electrons. The predicted octanol–water partition coefficient (Wildman–Crippen LogP) is 2.66. The summed E-state index contributed by atoms with van der Waals surface area (Å²) in [5.41, 5.74) is 0. The minimum absolute atomic E-state index is 0.338. The summed E-state index contributed by atoms with van der Waals surface area (Å²) in [7, 11) is 0. The Kier molecular flexibility index (Phi) is 6.89. The van der Waals surface area contributed by atoms with Gasteiger partial charge in [-0.15, -0.1) is 0 Å². The Bertz CT molecular complexity index is 601. The lowest BCUT2D eigenvalue weighted by molar-refractivity contribution is -0.205. The third-order valence-corrected chi connectivity index (χ3v) is 3.98. The Balaban J connectivity index is 3.58. The lowest BCUT2D eigenvalue weighted by atomic mass is 9.92. The second-order valence-corrected chi connectivity index (χ2v) is 7.31. The van der Waals surface area contributed by atoms with E-state index < -0.39 is 72.7 Å². The highest BCUT2D eigenvalue weighted by Gasteiger charge is 2.59. The van der Waals surface area contributed by atoms with E-state index in [1.165, 1.54) is 27.7 Å². The number of hydrogen-bond acceptors (Lipinski definition) is 4. The molecule has 1 fully saturated rings. The zero-order valence-corrected chi connectivity index (χ0v) is 15.5. The fourth-order valence-electron chi connectivity index (χ4n) is 2.91. The van der Waals surface area contributed by atoms with Crippen LogP contribution in [0.25, 0.3) is 0 Å². The summed E-state index contributed by atoms with van der Waals surface area (Å²) in [4.78, 5) is 48.1. The summed E-state index contributed by atoms with van der Waals surface area (Å²) in [6.07, 6.45) is -12.1. The van der Waals surface area contributed by atoms with E-state index >= 15 is 0 Å². The highest BCUT2D eigenvalue weighted by atomic mass is 19.4. The summed E-state index contributed by atoms with van der Waals surface area (Å²) in [6.45, 7) is 5.74. The van der Waals surface area contributed by atoms with Crippen molar-refractivity contribution >= 4 is 23.6 Å². The van der Waals surface area contributed by atoms with Crippen molar-refractivity contribution in [2.45, 2.75) is 65.0 Å². The first-order valence-electron chi connectivity index (χ1n) is 8.38. The van der Waals surface area contributed by atoms with Gasteiger partial charge in [-0.2, -0.15) is 26.3 Å². The highest BCUT2D eigenvalue weighted by molar-refractivity contribution is 6.13. The minimum Gasteiger partial charge on any atom is -0.272 e. The summed E-state index contributed by atoms with van der Waals surface area (Å²) in [6, 6.07) is -4.31. The average Bonchev–Trinajstić information content (AvgIpc) is 2.49. The van der Waals surface area contributed by atoms with Gasteiger partial charge in [-0.1, -0.05) is 27.7 Å². The summed E-state index contributed by atoms with van der Waals surface area (Å²) < 4.78 is 77.8. The van der Waals surface area contributed by atoms with Gasteiger partial charge in [0, 0.05) is 0 Å². The minimum atomic E-state index is -5.52. The third-order valence-electron chi connectivity index (χ3n) is 3.98. The standard InChI is InChI=1S/C16H20F6N2O4/c1-7(2)5-9-11(25)24(14(28)16(20,21)22)10(6-8(3)4)12(26)23(9)13(27)15(17,18)19/h7-10H,5-6H2,1-4H3. The summed E-state index contributed by atoms with van der Waals surface area (Å²) >= 11 is 0. The number of amides is 4. The molecule has 2 unspecified atom stereocenters. The Morgan fingerprint density at radius 3 is 1.18 bits per heavy atom. The quantitative estimate of drug-likeness (QED) is 0.658. The molecule has 0 radical (unpaired) electrons. The molecule has 1 saturated heterocycles. The first kappa shape index (κ1) is 23.9. The molecule has 0 bridgehead atoms. The SMILES string of the molecule is CC(C)CC1C(=O)N(C(=O)C(F)(F)F)C(CC(C)C)C(=O)N1C(=O)C(F)(F)F. The van der Waals surface area contributed by atoms with Crippen molar-refractivity contribution in [3.63, 3.8) is 0 Å². The molecule has 0 saturated carbocycles. The van der Waals surface area contributed by atoms with Crippen molar-refractivity contribution in [3.05, 3.63) is 0 Å². The summed E-state index contributed by atoms with van der Waals surface area (Å²) in [5, 5.41) is 0. The van der Waals surface area contributed by atoms with Crippen LogP contribution in [-0.2, 0) is 19.2 Å². The Morgan fingerprint density at radius 2 is 1.00 bits per heavy atom. The molecule has 0 aromatic rings. The zero-order chi connectivity index (χ0) is 22.2. The van der Waals surface area contributed by atoms with E-state index in [-0.39, 0.29) is 9.80 Å². The average molecular weight is 418 g/mol. The van der Waals surface area contributed by atoms with Gasteiger partial charge in [0.1, 0.15) is 12.1 Å². The van der Waals surface area contributed by atoms with Crippen molar-refractivity contribution in [1.29, 1.82) is 0 Å². The maximum Gasteiger partial charge on any atom is 0.471 e. The van der Waals surface area contributed by atoms with Crippen LogP contribution in [0.4, 0.5) is 26.3 Å². The zero-order valence-electron chi connectivity index (χ0n) is 15.5. The van der Waals surface area contributed by atoms with E-state index in [2.05, 4.69) is 0 Å². The van der Waals surface area contributed by atoms with Crippen LogP contribution >= 0.6 is 0 Å². The van der Waals surface area contributed by atoms with Gasteiger partial charge in [0.05, 0.1) is 0 Å². The number of carbonyl (C=O) groups excluding carboxylic acids is 4. The van der Waals surface area contributed by atoms with Crippen LogP contribution in [0.3, 0.4) is 0 Å². The molecule has 0 aliphatic carbocycles. The molecule has 0 spiro atoms. The molecule has 12 heteroatoms. The van der Waals surface area contributed by atoms with Gasteiger partial charge in [0.25, 0.3) is 11.8 Å². The molecular weight excluding hydrogens is 398 g/mol. The van der Waals surface area contributed by atoms with Crippen LogP contribution in [0, 0.1) is 11.8 Å². The van der Waals surface area contributed by atoms with Gasteiger partial charge in [-0.25, -0.2) is 0 Å². The molecule has 0 N–H and O–H groups in total. The fourth-order valence-corrected chi connectivity index (χ4v) is 2.91. The Labute approximate surface area is 156 Å². The van der Waals surface area contributed by atoms with Crippen molar-refractivity contribution < 1.29 is 45.5 Å². The van der Waals surface area contributed by atoms with E-state index in [9.17, 15) is 45.5 Å². The van der Waals surface area contributed by atoms with E-state index in [0.29, 0.717) is 0 Å². The van der Waals surface area contributed by atoms with Crippen molar-refractivity contribution in [3.8, 4) is 0 Å². The number of halogens is 6. The number of nitrogens with zero attached hydrogens (tertiary/aromatic N) is 2. The first-order chi connectivity index (χ1) is 12.5. The van der Waals surface area contributed by atoms with E-state index in [1.54, 1.807) is 0 Å². The van der Waals surface area contributed by atoms with Crippen molar-refractivity contribution in [2.75, 3.05) is 0 Å². The van der Waals surface area contributed by atoms with Crippen molar-refractivity contribution in [1.82, 2.24) is 9.80 Å². The molecule has 4 amide bonds. The maximum atomic E-state index is 13.0. The smallest absolute Gasteiger partial charge is 0.272 e. The number of alkyl halides is 6. The number of carbonyl (C=O) groups is 4. The highest BCUT2D eigenvalue weighted by Crippen LogP contribution is 2.33. The Morgan fingerprint density at radius 1 is 0.750 bits per heavy atom. The van der Waals surface area contributed by atoms with Crippen LogP contribution in [0.15, 0.2) is 0 Å². The van der Waals surface area contributed by atoms with Gasteiger partial charge in [-0.3, -0.25) is 29.0 Å². The largest absolute Gasteiger partial charge is 0.471 e.